The second kappa shape index (κ2) is 5.75. The van der Waals surface area contributed by atoms with E-state index in [4.69, 9.17) is 4.42 Å². The van der Waals surface area contributed by atoms with E-state index < -0.39 is 0 Å². The second-order valence-corrected chi connectivity index (χ2v) is 5.87. The van der Waals surface area contributed by atoms with Gasteiger partial charge in [-0.15, -0.1) is 0 Å². The average Bonchev–Trinajstić information content (AvgIpc) is 2.96. The molecule has 2 heterocycles. The van der Waals surface area contributed by atoms with Crippen LogP contribution in [0.4, 0.5) is 10.7 Å². The average molecular weight is 294 g/mol. The summed E-state index contributed by atoms with van der Waals surface area (Å²) in [4.78, 5) is 27.7. The van der Waals surface area contributed by atoms with Gasteiger partial charge in [0, 0.05) is 32.3 Å². The zero-order chi connectivity index (χ0) is 14.9. The molecule has 1 saturated heterocycles. The lowest BCUT2D eigenvalue weighted by Crippen LogP contribution is -2.36. The van der Waals surface area contributed by atoms with Crippen LogP contribution in [0.1, 0.15) is 26.0 Å². The van der Waals surface area contributed by atoms with Crippen molar-refractivity contribution in [2.45, 2.75) is 26.3 Å². The topological polar surface area (TPSA) is 53.8 Å². The van der Waals surface area contributed by atoms with Crippen molar-refractivity contribution in [3.63, 3.8) is 0 Å². The minimum Gasteiger partial charge on any atom is -0.441 e. The molecule has 2 rings (SSSR count). The lowest BCUT2D eigenvalue weighted by molar-refractivity contribution is -0.124. The second-order valence-electron chi connectivity index (χ2n) is 4.88. The molecule has 0 aliphatic carbocycles. The Labute approximate surface area is 122 Å². The molecule has 20 heavy (non-hydrogen) atoms. The molecule has 0 bridgehead atoms. The third kappa shape index (κ3) is 2.75. The fourth-order valence-electron chi connectivity index (χ4n) is 1.83. The van der Waals surface area contributed by atoms with Crippen LogP contribution in [0.25, 0.3) is 6.08 Å². The van der Waals surface area contributed by atoms with Crippen molar-refractivity contribution < 1.29 is 14.0 Å². The Bertz CT molecular complexity index is 563. The Balaban J connectivity index is 2.23. The van der Waals surface area contributed by atoms with Crippen LogP contribution in [0.5, 0.6) is 0 Å². The number of thioether (sulfide) groups is 1. The molecule has 0 aromatic carbocycles. The molecule has 0 saturated carbocycles. The number of amides is 2. The van der Waals surface area contributed by atoms with E-state index in [9.17, 15) is 9.59 Å². The van der Waals surface area contributed by atoms with Gasteiger partial charge in [0.05, 0.1) is 4.91 Å². The molecule has 1 aliphatic rings. The molecule has 1 fully saturated rings. The third-order valence-electron chi connectivity index (χ3n) is 3.18. The first-order valence-corrected chi connectivity index (χ1v) is 7.30. The van der Waals surface area contributed by atoms with Crippen molar-refractivity contribution in [1.29, 1.82) is 0 Å². The summed E-state index contributed by atoms with van der Waals surface area (Å²) in [6.07, 6.45) is 2.37. The number of nitrogens with zero attached hydrogens (tertiary/aromatic N) is 2. The molecule has 0 N–H and O–H groups in total. The van der Waals surface area contributed by atoms with Gasteiger partial charge in [-0.1, -0.05) is 6.92 Å². The summed E-state index contributed by atoms with van der Waals surface area (Å²) in [5.41, 5.74) is 0. The minimum atomic E-state index is -0.239. The summed E-state index contributed by atoms with van der Waals surface area (Å²) in [5, 5.41) is -0.213. The standard InChI is InChI=1S/C14H18N2O3S/c1-5-9(2)16-13(17)11(20-14(16)18)8-10-6-7-12(19-10)15(3)4/h6-9H,5H2,1-4H3/b11-8+/t9-/m1/s1. The molecule has 1 aromatic heterocycles. The number of furan rings is 1. The number of carbonyl (C=O) groups excluding carboxylic acids is 2. The van der Waals surface area contributed by atoms with E-state index in [1.165, 1.54) is 4.90 Å². The van der Waals surface area contributed by atoms with Crippen LogP contribution < -0.4 is 4.90 Å². The quantitative estimate of drug-likeness (QED) is 0.798. The summed E-state index contributed by atoms with van der Waals surface area (Å²) in [5.74, 6) is 1.04. The van der Waals surface area contributed by atoms with Gasteiger partial charge in [0.2, 0.25) is 0 Å². The first-order chi connectivity index (χ1) is 9.43. The highest BCUT2D eigenvalue weighted by Gasteiger charge is 2.37. The van der Waals surface area contributed by atoms with Crippen molar-refractivity contribution in [3.8, 4) is 0 Å². The molecule has 0 spiro atoms. The number of anilines is 1. The lowest BCUT2D eigenvalue weighted by Gasteiger charge is -2.19. The summed E-state index contributed by atoms with van der Waals surface area (Å²) in [6, 6.07) is 3.53. The van der Waals surface area contributed by atoms with Gasteiger partial charge in [0.1, 0.15) is 5.76 Å². The van der Waals surface area contributed by atoms with Crippen LogP contribution in [-0.2, 0) is 4.79 Å². The van der Waals surface area contributed by atoms with Gasteiger partial charge in [0.25, 0.3) is 11.1 Å². The van der Waals surface area contributed by atoms with Crippen molar-refractivity contribution in [2.75, 3.05) is 19.0 Å². The van der Waals surface area contributed by atoms with Gasteiger partial charge >= 0.3 is 0 Å². The number of carbonyl (C=O) groups is 2. The van der Waals surface area contributed by atoms with Crippen molar-refractivity contribution in [1.82, 2.24) is 4.90 Å². The third-order valence-corrected chi connectivity index (χ3v) is 4.07. The van der Waals surface area contributed by atoms with E-state index in [2.05, 4.69) is 0 Å². The van der Waals surface area contributed by atoms with Gasteiger partial charge in [-0.2, -0.15) is 0 Å². The van der Waals surface area contributed by atoms with Gasteiger partial charge in [-0.05, 0) is 31.2 Å². The maximum atomic E-state index is 12.2. The monoisotopic (exact) mass is 294 g/mol. The van der Waals surface area contributed by atoms with E-state index in [0.717, 1.165) is 18.2 Å². The zero-order valence-electron chi connectivity index (χ0n) is 12.0. The highest BCUT2D eigenvalue weighted by Crippen LogP contribution is 2.34. The maximum Gasteiger partial charge on any atom is 0.293 e. The van der Waals surface area contributed by atoms with Crippen LogP contribution in [0.2, 0.25) is 0 Å². The molecule has 1 atom stereocenters. The molecule has 1 aromatic rings. The predicted octanol–water partition coefficient (Wildman–Crippen LogP) is 3.18. The number of hydrogen-bond acceptors (Lipinski definition) is 5. The lowest BCUT2D eigenvalue weighted by atomic mass is 10.2. The first kappa shape index (κ1) is 14.7. The fraction of sp³-hybridized carbons (Fsp3) is 0.429. The molecular weight excluding hydrogens is 276 g/mol. The molecule has 2 amide bonds. The molecule has 5 nitrogen and oxygen atoms in total. The predicted molar refractivity (Wildman–Crippen MR) is 80.6 cm³/mol. The van der Waals surface area contributed by atoms with Crippen LogP contribution in [0, 0.1) is 0 Å². The van der Waals surface area contributed by atoms with Crippen LogP contribution in [-0.4, -0.2) is 36.2 Å². The Hall–Kier alpha value is -1.69. The zero-order valence-corrected chi connectivity index (χ0v) is 12.9. The van der Waals surface area contributed by atoms with Crippen LogP contribution >= 0.6 is 11.8 Å². The summed E-state index contributed by atoms with van der Waals surface area (Å²) in [7, 11) is 3.75. The van der Waals surface area contributed by atoms with E-state index >= 15 is 0 Å². The smallest absolute Gasteiger partial charge is 0.293 e. The molecule has 1 aliphatic heterocycles. The van der Waals surface area contributed by atoms with Crippen molar-refractivity contribution >= 4 is 34.9 Å². The Morgan fingerprint density at radius 1 is 1.40 bits per heavy atom. The molecular formula is C14H18N2O3S. The maximum absolute atomic E-state index is 12.2. The van der Waals surface area contributed by atoms with E-state index in [-0.39, 0.29) is 17.2 Å². The Morgan fingerprint density at radius 2 is 2.10 bits per heavy atom. The van der Waals surface area contributed by atoms with E-state index in [1.54, 1.807) is 12.1 Å². The number of imide groups is 1. The molecule has 108 valence electrons. The van der Waals surface area contributed by atoms with Crippen LogP contribution in [0.15, 0.2) is 21.5 Å². The molecule has 0 radical (unpaired) electrons. The SMILES string of the molecule is CC[C@@H](C)N1C(=O)S/C(=C/c2ccc(N(C)C)o2)C1=O. The highest BCUT2D eigenvalue weighted by molar-refractivity contribution is 8.18. The van der Waals surface area contributed by atoms with Gasteiger partial charge in [-0.25, -0.2) is 0 Å². The van der Waals surface area contributed by atoms with Gasteiger partial charge in [0.15, 0.2) is 5.88 Å². The summed E-state index contributed by atoms with van der Waals surface area (Å²) < 4.78 is 5.57. The number of rotatable bonds is 4. The summed E-state index contributed by atoms with van der Waals surface area (Å²) in [6.45, 7) is 3.82. The largest absolute Gasteiger partial charge is 0.441 e. The van der Waals surface area contributed by atoms with Crippen molar-refractivity contribution in [2.24, 2.45) is 0 Å². The molecule has 0 unspecified atom stereocenters. The first-order valence-electron chi connectivity index (χ1n) is 6.48. The molecule has 6 heteroatoms. The van der Waals surface area contributed by atoms with Crippen molar-refractivity contribution in [3.05, 3.63) is 22.8 Å². The van der Waals surface area contributed by atoms with Crippen LogP contribution in [0.3, 0.4) is 0 Å². The van der Waals surface area contributed by atoms with E-state index in [0.29, 0.717) is 16.5 Å². The Kier molecular flexibility index (Phi) is 4.23. The normalized spacial score (nSPS) is 19.0. The highest BCUT2D eigenvalue weighted by atomic mass is 32.2. The van der Waals surface area contributed by atoms with E-state index in [1.807, 2.05) is 38.9 Å². The van der Waals surface area contributed by atoms with Gasteiger partial charge < -0.3 is 9.32 Å². The van der Waals surface area contributed by atoms with Gasteiger partial charge in [-0.3, -0.25) is 14.5 Å². The summed E-state index contributed by atoms with van der Waals surface area (Å²) >= 11 is 0.963. The minimum absolute atomic E-state index is 0.0812. The number of hydrogen-bond donors (Lipinski definition) is 0. The fourth-order valence-corrected chi connectivity index (χ4v) is 2.74. The Morgan fingerprint density at radius 3 is 2.65 bits per heavy atom.